The first-order valence-electron chi connectivity index (χ1n) is 7.85. The van der Waals surface area contributed by atoms with E-state index in [-0.39, 0.29) is 10.6 Å². The van der Waals surface area contributed by atoms with Crippen molar-refractivity contribution in [2.75, 3.05) is 49.2 Å². The smallest absolute Gasteiger partial charge is 0.269 e. The van der Waals surface area contributed by atoms with Gasteiger partial charge in [-0.1, -0.05) is 0 Å². The Labute approximate surface area is 139 Å². The Kier molecular flexibility index (Phi) is 5.62. The van der Waals surface area contributed by atoms with Gasteiger partial charge in [-0.2, -0.15) is 23.5 Å². The van der Waals surface area contributed by atoms with Crippen molar-refractivity contribution in [3.8, 4) is 0 Å². The number of rotatable bonds is 4. The normalized spacial score (nSPS) is 21.1. The zero-order valence-electron chi connectivity index (χ0n) is 12.6. The van der Waals surface area contributed by atoms with E-state index in [4.69, 9.17) is 0 Å². The number of nitro benzene ring substituents is 1. The molecule has 2 heterocycles. The topological polar surface area (TPSA) is 52.0 Å². The highest BCUT2D eigenvalue weighted by Gasteiger charge is 2.35. The van der Waals surface area contributed by atoms with Gasteiger partial charge in [-0.3, -0.25) is 19.9 Å². The third-order valence-electron chi connectivity index (χ3n) is 4.52. The quantitative estimate of drug-likeness (QED) is 0.591. The number of nitrogens with zero attached hydrogens (tertiary/aromatic N) is 1. The van der Waals surface area contributed by atoms with E-state index in [0.717, 1.165) is 0 Å². The van der Waals surface area contributed by atoms with Gasteiger partial charge in [0.05, 0.1) is 36.7 Å². The predicted octanol–water partition coefficient (Wildman–Crippen LogP) is -0.143. The van der Waals surface area contributed by atoms with Crippen LogP contribution < -0.4 is 9.80 Å². The van der Waals surface area contributed by atoms with E-state index in [1.165, 1.54) is 54.8 Å². The van der Waals surface area contributed by atoms with Gasteiger partial charge < -0.3 is 0 Å². The number of hydrogen-bond acceptors (Lipinski definition) is 4. The molecule has 0 aliphatic carbocycles. The minimum atomic E-state index is -0.312. The summed E-state index contributed by atoms with van der Waals surface area (Å²) in [4.78, 5) is 13.9. The van der Waals surface area contributed by atoms with Crippen molar-refractivity contribution in [3.05, 3.63) is 39.9 Å². The molecule has 3 rings (SSSR count). The molecule has 2 aliphatic heterocycles. The lowest BCUT2D eigenvalue weighted by atomic mass is 10.1. The molecule has 0 unspecified atom stereocenters. The number of hydrogen-bond donors (Lipinski definition) is 2. The minimum absolute atomic E-state index is 0.191. The van der Waals surface area contributed by atoms with Crippen LogP contribution in [0.15, 0.2) is 24.3 Å². The molecule has 0 amide bonds. The summed E-state index contributed by atoms with van der Waals surface area (Å²) in [6.45, 7) is 4.79. The summed E-state index contributed by atoms with van der Waals surface area (Å²) in [7, 11) is 0. The fourth-order valence-corrected chi connectivity index (χ4v) is 5.43. The number of nitrogens with one attached hydrogen (secondary N) is 2. The standard InChI is InChI=1S/C15H21N3O2S2/c19-18(20)14-3-1-13(2-4-14)15(16-5-9-21-10-6-16)17-7-11-22-12-8-17/h1-4,15H,5-12H2/p+2. The van der Waals surface area contributed by atoms with Crippen molar-refractivity contribution in [3.63, 3.8) is 0 Å². The van der Waals surface area contributed by atoms with Crippen LogP contribution in [-0.4, -0.2) is 54.1 Å². The summed E-state index contributed by atoms with van der Waals surface area (Å²) in [5.74, 6) is 4.89. The first-order valence-corrected chi connectivity index (χ1v) is 10.2. The molecular formula is C15H23N3O2S2+2. The van der Waals surface area contributed by atoms with Crippen molar-refractivity contribution in [1.82, 2.24) is 0 Å². The third kappa shape index (κ3) is 3.76. The first kappa shape index (κ1) is 16.1. The van der Waals surface area contributed by atoms with Crippen LogP contribution in [0.5, 0.6) is 0 Å². The van der Waals surface area contributed by atoms with Gasteiger partial charge in [0.15, 0.2) is 0 Å². The lowest BCUT2D eigenvalue weighted by Gasteiger charge is -2.37. The summed E-state index contributed by atoms with van der Waals surface area (Å²) in [5.41, 5.74) is 1.45. The van der Waals surface area contributed by atoms with Crippen LogP contribution in [0.1, 0.15) is 11.7 Å². The maximum Gasteiger partial charge on any atom is 0.269 e. The highest BCUT2D eigenvalue weighted by atomic mass is 32.2. The molecular weight excluding hydrogens is 318 g/mol. The van der Waals surface area contributed by atoms with Gasteiger partial charge >= 0.3 is 0 Å². The van der Waals surface area contributed by atoms with E-state index >= 15 is 0 Å². The lowest BCUT2D eigenvalue weighted by molar-refractivity contribution is -1.13. The summed E-state index contributed by atoms with van der Waals surface area (Å²) < 4.78 is 0. The van der Waals surface area contributed by atoms with Crippen LogP contribution in [0.25, 0.3) is 0 Å². The van der Waals surface area contributed by atoms with Crippen LogP contribution >= 0.6 is 23.5 Å². The number of quaternary nitrogens is 2. The van der Waals surface area contributed by atoms with E-state index in [1.54, 1.807) is 21.9 Å². The van der Waals surface area contributed by atoms with Crippen molar-refractivity contribution < 1.29 is 14.7 Å². The van der Waals surface area contributed by atoms with Crippen molar-refractivity contribution in [1.29, 1.82) is 0 Å². The molecule has 2 fully saturated rings. The van der Waals surface area contributed by atoms with Gasteiger partial charge in [-0.25, -0.2) is 0 Å². The van der Waals surface area contributed by atoms with Gasteiger partial charge in [-0.15, -0.1) is 0 Å². The molecule has 5 nitrogen and oxygen atoms in total. The molecule has 0 radical (unpaired) electrons. The van der Waals surface area contributed by atoms with Gasteiger partial charge in [-0.05, 0) is 12.1 Å². The van der Waals surface area contributed by atoms with Crippen LogP contribution in [0, 0.1) is 10.1 Å². The molecule has 0 bridgehead atoms. The molecule has 1 aromatic carbocycles. The summed E-state index contributed by atoms with van der Waals surface area (Å²) >= 11 is 4.08. The van der Waals surface area contributed by atoms with E-state index in [2.05, 4.69) is 0 Å². The third-order valence-corrected chi connectivity index (χ3v) is 6.49. The Bertz CT molecular complexity index is 482. The van der Waals surface area contributed by atoms with E-state index in [9.17, 15) is 10.1 Å². The largest absolute Gasteiger partial charge is 0.281 e. The van der Waals surface area contributed by atoms with Gasteiger partial charge in [0.1, 0.15) is 0 Å². The van der Waals surface area contributed by atoms with Gasteiger partial charge in [0.25, 0.3) is 5.69 Å². The SMILES string of the molecule is O=[N+]([O-])c1ccc(C([NH+]2CCSCC2)[NH+]2CCSCC2)cc1. The predicted molar refractivity (Wildman–Crippen MR) is 91.9 cm³/mol. The molecule has 22 heavy (non-hydrogen) atoms. The Balaban J connectivity index is 1.84. The molecule has 2 saturated heterocycles. The monoisotopic (exact) mass is 341 g/mol. The highest BCUT2D eigenvalue weighted by molar-refractivity contribution is 7.99. The fourth-order valence-electron chi connectivity index (χ4n) is 3.39. The highest BCUT2D eigenvalue weighted by Crippen LogP contribution is 2.15. The number of benzene rings is 1. The fraction of sp³-hybridized carbons (Fsp3) is 0.600. The zero-order chi connectivity index (χ0) is 15.4. The molecule has 0 atom stereocenters. The Morgan fingerprint density at radius 2 is 1.36 bits per heavy atom. The van der Waals surface area contributed by atoms with Crippen LogP contribution in [0.4, 0.5) is 5.69 Å². The molecule has 0 aromatic heterocycles. The van der Waals surface area contributed by atoms with Crippen LogP contribution in [0.2, 0.25) is 0 Å². The second kappa shape index (κ2) is 7.68. The maximum absolute atomic E-state index is 10.9. The van der Waals surface area contributed by atoms with Crippen molar-refractivity contribution >= 4 is 29.2 Å². The second-order valence-corrected chi connectivity index (χ2v) is 8.27. The average Bonchev–Trinajstić information content (AvgIpc) is 2.57. The molecule has 0 saturated carbocycles. The van der Waals surface area contributed by atoms with E-state index in [1.807, 2.05) is 35.7 Å². The molecule has 7 heteroatoms. The Morgan fingerprint density at radius 1 is 0.909 bits per heavy atom. The summed E-state index contributed by atoms with van der Waals surface area (Å²) in [5, 5.41) is 10.9. The molecule has 0 spiro atoms. The van der Waals surface area contributed by atoms with Crippen molar-refractivity contribution in [2.24, 2.45) is 0 Å². The first-order chi connectivity index (χ1) is 10.8. The van der Waals surface area contributed by atoms with Crippen molar-refractivity contribution in [2.45, 2.75) is 6.17 Å². The van der Waals surface area contributed by atoms with E-state index < -0.39 is 0 Å². The summed E-state index contributed by atoms with van der Waals surface area (Å²) in [6, 6.07) is 7.29. The Hall–Kier alpha value is -0.760. The maximum atomic E-state index is 10.9. The Morgan fingerprint density at radius 3 is 1.77 bits per heavy atom. The zero-order valence-corrected chi connectivity index (χ0v) is 14.3. The number of thioether (sulfide) groups is 2. The second-order valence-electron chi connectivity index (χ2n) is 5.82. The van der Waals surface area contributed by atoms with Gasteiger partial charge in [0.2, 0.25) is 6.17 Å². The molecule has 1 aromatic rings. The molecule has 120 valence electrons. The van der Waals surface area contributed by atoms with E-state index in [0.29, 0.717) is 6.17 Å². The number of non-ortho nitro benzene ring substituents is 1. The van der Waals surface area contributed by atoms with Crippen LogP contribution in [0.3, 0.4) is 0 Å². The number of nitro groups is 1. The minimum Gasteiger partial charge on any atom is -0.281 e. The summed E-state index contributed by atoms with van der Waals surface area (Å²) in [6.07, 6.45) is 0.433. The lowest BCUT2D eigenvalue weighted by Crippen LogP contribution is -3.32. The van der Waals surface area contributed by atoms with Crippen LogP contribution in [-0.2, 0) is 0 Å². The molecule has 2 N–H and O–H groups in total. The average molecular weight is 342 g/mol. The van der Waals surface area contributed by atoms with Gasteiger partial charge in [0, 0.05) is 35.1 Å². The molecule has 2 aliphatic rings.